The van der Waals surface area contributed by atoms with Gasteiger partial charge in [-0.2, -0.15) is 0 Å². The van der Waals surface area contributed by atoms with E-state index in [1.807, 2.05) is 12.1 Å². The molecule has 0 heterocycles. The van der Waals surface area contributed by atoms with Crippen LogP contribution in [0.2, 0.25) is 0 Å². The van der Waals surface area contributed by atoms with Gasteiger partial charge < -0.3 is 5.11 Å². The van der Waals surface area contributed by atoms with Crippen LogP contribution in [0.1, 0.15) is 22.3 Å². The SMILES string of the molecule is Oc1cccc(-c2cccc(Cc3ccccc3)c2Cc2ccccc2)c1. The third-order valence-corrected chi connectivity index (χ3v) is 4.89. The minimum Gasteiger partial charge on any atom is -0.508 e. The van der Waals surface area contributed by atoms with Crippen molar-refractivity contribution >= 4 is 0 Å². The van der Waals surface area contributed by atoms with Gasteiger partial charge in [0.05, 0.1) is 0 Å². The number of aromatic hydroxyl groups is 1. The first-order valence-corrected chi connectivity index (χ1v) is 9.27. The van der Waals surface area contributed by atoms with Gasteiger partial charge in [0, 0.05) is 0 Å². The van der Waals surface area contributed by atoms with Gasteiger partial charge in [0.15, 0.2) is 0 Å². The lowest BCUT2D eigenvalue weighted by Crippen LogP contribution is -2.00. The van der Waals surface area contributed by atoms with Gasteiger partial charge in [0.25, 0.3) is 0 Å². The molecule has 4 aromatic carbocycles. The van der Waals surface area contributed by atoms with E-state index in [1.165, 1.54) is 27.8 Å². The van der Waals surface area contributed by atoms with E-state index in [2.05, 4.69) is 84.9 Å². The molecule has 0 fully saturated rings. The molecule has 4 rings (SSSR count). The fourth-order valence-corrected chi connectivity index (χ4v) is 3.57. The molecule has 0 aliphatic heterocycles. The Balaban J connectivity index is 1.81. The van der Waals surface area contributed by atoms with E-state index in [9.17, 15) is 5.11 Å². The van der Waals surface area contributed by atoms with E-state index in [-0.39, 0.29) is 0 Å². The second-order valence-electron chi connectivity index (χ2n) is 6.82. The Kier molecular flexibility index (Phi) is 5.02. The molecule has 0 aliphatic carbocycles. The average Bonchev–Trinajstić information content (AvgIpc) is 2.71. The van der Waals surface area contributed by atoms with Gasteiger partial charge in [-0.25, -0.2) is 0 Å². The van der Waals surface area contributed by atoms with Gasteiger partial charge in [-0.05, 0) is 58.4 Å². The number of phenols is 1. The van der Waals surface area contributed by atoms with Crippen LogP contribution in [0, 0.1) is 0 Å². The van der Waals surface area contributed by atoms with Crippen molar-refractivity contribution in [2.45, 2.75) is 12.8 Å². The van der Waals surface area contributed by atoms with E-state index in [4.69, 9.17) is 0 Å². The first-order valence-electron chi connectivity index (χ1n) is 9.27. The highest BCUT2D eigenvalue weighted by atomic mass is 16.3. The highest BCUT2D eigenvalue weighted by Crippen LogP contribution is 2.31. The van der Waals surface area contributed by atoms with E-state index >= 15 is 0 Å². The fraction of sp³-hybridized carbons (Fsp3) is 0.0769. The Morgan fingerprint density at radius 3 is 1.85 bits per heavy atom. The molecule has 0 saturated carbocycles. The quantitative estimate of drug-likeness (QED) is 0.451. The second kappa shape index (κ2) is 7.92. The summed E-state index contributed by atoms with van der Waals surface area (Å²) < 4.78 is 0. The molecule has 0 saturated heterocycles. The summed E-state index contributed by atoms with van der Waals surface area (Å²) in [6.07, 6.45) is 1.77. The van der Waals surface area contributed by atoms with Crippen molar-refractivity contribution in [1.82, 2.24) is 0 Å². The first kappa shape index (κ1) is 17.1. The minimum atomic E-state index is 0.298. The summed E-state index contributed by atoms with van der Waals surface area (Å²) in [5.74, 6) is 0.298. The van der Waals surface area contributed by atoms with Gasteiger partial charge in [-0.1, -0.05) is 91.0 Å². The largest absolute Gasteiger partial charge is 0.508 e. The number of benzene rings is 4. The van der Waals surface area contributed by atoms with Crippen LogP contribution in [-0.2, 0) is 12.8 Å². The van der Waals surface area contributed by atoms with Crippen molar-refractivity contribution in [3.8, 4) is 16.9 Å². The van der Waals surface area contributed by atoms with Crippen LogP contribution < -0.4 is 0 Å². The van der Waals surface area contributed by atoms with Gasteiger partial charge in [0.2, 0.25) is 0 Å². The standard InChI is InChI=1S/C26H22O/c27-24-15-7-13-23(19-24)25-16-8-14-22(17-20-9-3-1-4-10-20)26(25)18-21-11-5-2-6-12-21/h1-16,19,27H,17-18H2. The fourth-order valence-electron chi connectivity index (χ4n) is 3.57. The summed E-state index contributed by atoms with van der Waals surface area (Å²) in [6.45, 7) is 0. The molecule has 0 atom stereocenters. The highest BCUT2D eigenvalue weighted by molar-refractivity contribution is 5.71. The maximum Gasteiger partial charge on any atom is 0.116 e. The third kappa shape index (κ3) is 4.09. The maximum atomic E-state index is 9.96. The minimum absolute atomic E-state index is 0.298. The van der Waals surface area contributed by atoms with Crippen molar-refractivity contribution < 1.29 is 5.11 Å². The highest BCUT2D eigenvalue weighted by Gasteiger charge is 2.12. The molecule has 4 aromatic rings. The summed E-state index contributed by atoms with van der Waals surface area (Å²) in [6, 6.07) is 35.2. The van der Waals surface area contributed by atoms with E-state index < -0.39 is 0 Å². The van der Waals surface area contributed by atoms with Gasteiger partial charge in [0.1, 0.15) is 5.75 Å². The number of hydrogen-bond acceptors (Lipinski definition) is 1. The van der Waals surface area contributed by atoms with Crippen molar-refractivity contribution in [1.29, 1.82) is 0 Å². The lowest BCUT2D eigenvalue weighted by atomic mass is 9.88. The molecule has 0 bridgehead atoms. The van der Waals surface area contributed by atoms with Crippen molar-refractivity contribution in [3.05, 3.63) is 125 Å². The third-order valence-electron chi connectivity index (χ3n) is 4.89. The molecular formula is C26H22O. The molecule has 0 aliphatic rings. The van der Waals surface area contributed by atoms with Gasteiger partial charge >= 0.3 is 0 Å². The van der Waals surface area contributed by atoms with E-state index in [1.54, 1.807) is 6.07 Å². The monoisotopic (exact) mass is 350 g/mol. The summed E-state index contributed by atoms with van der Waals surface area (Å²) in [5, 5.41) is 9.96. The molecular weight excluding hydrogens is 328 g/mol. The van der Waals surface area contributed by atoms with Crippen LogP contribution in [0.25, 0.3) is 11.1 Å². The lowest BCUT2D eigenvalue weighted by Gasteiger charge is -2.16. The topological polar surface area (TPSA) is 20.2 Å². The predicted octanol–water partition coefficient (Wildman–Crippen LogP) is 6.24. The smallest absolute Gasteiger partial charge is 0.116 e. The van der Waals surface area contributed by atoms with Crippen LogP contribution in [0.4, 0.5) is 0 Å². The van der Waals surface area contributed by atoms with Crippen LogP contribution in [-0.4, -0.2) is 5.11 Å². The molecule has 1 nitrogen and oxygen atoms in total. The van der Waals surface area contributed by atoms with E-state index in [0.29, 0.717) is 5.75 Å². The molecule has 132 valence electrons. The average molecular weight is 350 g/mol. The number of phenolic OH excluding ortho intramolecular Hbond substituents is 1. The zero-order chi connectivity index (χ0) is 18.5. The van der Waals surface area contributed by atoms with E-state index in [0.717, 1.165) is 18.4 Å². The maximum absolute atomic E-state index is 9.96. The number of hydrogen-bond donors (Lipinski definition) is 1. The molecule has 1 heteroatoms. The van der Waals surface area contributed by atoms with Crippen LogP contribution >= 0.6 is 0 Å². The summed E-state index contributed by atoms with van der Waals surface area (Å²) in [7, 11) is 0. The molecule has 0 amide bonds. The van der Waals surface area contributed by atoms with Crippen LogP contribution in [0.15, 0.2) is 103 Å². The zero-order valence-electron chi connectivity index (χ0n) is 15.2. The molecule has 1 N–H and O–H groups in total. The Bertz CT molecular complexity index is 1020. The summed E-state index contributed by atoms with van der Waals surface area (Å²) >= 11 is 0. The van der Waals surface area contributed by atoms with Gasteiger partial charge in [-0.3, -0.25) is 0 Å². The molecule has 27 heavy (non-hydrogen) atoms. The Hall–Kier alpha value is -3.32. The van der Waals surface area contributed by atoms with Crippen molar-refractivity contribution in [3.63, 3.8) is 0 Å². The Labute approximate surface area is 160 Å². The molecule has 0 spiro atoms. The second-order valence-corrected chi connectivity index (χ2v) is 6.82. The molecule has 0 unspecified atom stereocenters. The molecule has 0 aromatic heterocycles. The predicted molar refractivity (Wildman–Crippen MR) is 112 cm³/mol. The normalized spacial score (nSPS) is 10.7. The lowest BCUT2D eigenvalue weighted by molar-refractivity contribution is 0.475. The number of rotatable bonds is 5. The Morgan fingerprint density at radius 1 is 0.556 bits per heavy atom. The summed E-state index contributed by atoms with van der Waals surface area (Å²) in [5.41, 5.74) is 7.47. The zero-order valence-corrected chi connectivity index (χ0v) is 15.2. The summed E-state index contributed by atoms with van der Waals surface area (Å²) in [4.78, 5) is 0. The van der Waals surface area contributed by atoms with Gasteiger partial charge in [-0.15, -0.1) is 0 Å². The van der Waals surface area contributed by atoms with Crippen molar-refractivity contribution in [2.75, 3.05) is 0 Å². The Morgan fingerprint density at radius 2 is 1.19 bits per heavy atom. The van der Waals surface area contributed by atoms with Crippen LogP contribution in [0.3, 0.4) is 0 Å². The van der Waals surface area contributed by atoms with Crippen LogP contribution in [0.5, 0.6) is 5.75 Å². The first-order chi connectivity index (χ1) is 13.3. The van der Waals surface area contributed by atoms with Crippen molar-refractivity contribution in [2.24, 2.45) is 0 Å². The molecule has 0 radical (unpaired) electrons.